The van der Waals surface area contributed by atoms with Gasteiger partial charge in [0.1, 0.15) is 9.84 Å². The van der Waals surface area contributed by atoms with E-state index < -0.39 is 19.9 Å². The van der Waals surface area contributed by atoms with Gasteiger partial charge in [-0.2, -0.15) is 0 Å². The third kappa shape index (κ3) is 8.84. The predicted octanol–water partition coefficient (Wildman–Crippen LogP) is 0.212. The van der Waals surface area contributed by atoms with Crippen molar-refractivity contribution in [3.8, 4) is 0 Å². The maximum Gasteiger partial charge on any atom is 0.238 e. The van der Waals surface area contributed by atoms with Gasteiger partial charge in [-0.05, 0) is 38.0 Å². The molecule has 0 saturated heterocycles. The van der Waals surface area contributed by atoms with E-state index in [1.54, 1.807) is 12.1 Å². The number of sulfonamides is 1. The Hall–Kier alpha value is -1.65. The first-order valence-electron chi connectivity index (χ1n) is 7.85. The zero-order chi connectivity index (χ0) is 19.1. The van der Waals surface area contributed by atoms with Crippen LogP contribution in [0.25, 0.3) is 0 Å². The summed E-state index contributed by atoms with van der Waals surface area (Å²) in [5.41, 5.74) is 0.827. The lowest BCUT2D eigenvalue weighted by atomic mass is 10.2. The van der Waals surface area contributed by atoms with Crippen LogP contribution >= 0.6 is 0 Å². The average molecular weight is 391 g/mol. The van der Waals surface area contributed by atoms with Crippen molar-refractivity contribution in [1.82, 2.24) is 10.6 Å². The van der Waals surface area contributed by atoms with Crippen LogP contribution in [0.5, 0.6) is 0 Å². The van der Waals surface area contributed by atoms with Crippen LogP contribution in [0.1, 0.15) is 25.8 Å². The lowest BCUT2D eigenvalue weighted by Gasteiger charge is -2.17. The Morgan fingerprint density at radius 3 is 2.28 bits per heavy atom. The molecule has 0 aliphatic heterocycles. The van der Waals surface area contributed by atoms with Gasteiger partial charge in [0, 0.05) is 18.8 Å². The fourth-order valence-corrected chi connectivity index (χ4v) is 3.27. The Labute approximate surface area is 149 Å². The molecular weight excluding hydrogens is 364 g/mol. The number of hydrogen-bond acceptors (Lipinski definition) is 5. The van der Waals surface area contributed by atoms with Gasteiger partial charge in [0.2, 0.25) is 10.0 Å². The fourth-order valence-electron chi connectivity index (χ4n) is 1.97. The minimum Gasteiger partial charge on any atom is -0.357 e. The zero-order valence-electron chi connectivity index (χ0n) is 14.7. The van der Waals surface area contributed by atoms with Gasteiger partial charge in [-0.1, -0.05) is 12.1 Å². The van der Waals surface area contributed by atoms with Gasteiger partial charge in [-0.3, -0.25) is 0 Å². The Morgan fingerprint density at radius 1 is 1.20 bits per heavy atom. The van der Waals surface area contributed by atoms with Crippen molar-refractivity contribution in [2.75, 3.05) is 18.6 Å². The number of primary sulfonamides is 1. The third-order valence-electron chi connectivity index (χ3n) is 3.32. The molecule has 0 spiro atoms. The summed E-state index contributed by atoms with van der Waals surface area (Å²) in [6.45, 7) is 4.83. The topological polar surface area (TPSA) is 131 Å². The molecule has 4 N–H and O–H groups in total. The number of guanidine groups is 1. The maximum absolute atomic E-state index is 11.2. The second-order valence-electron chi connectivity index (χ2n) is 5.85. The second kappa shape index (κ2) is 9.16. The molecule has 0 fully saturated rings. The molecule has 0 bridgehead atoms. The van der Waals surface area contributed by atoms with E-state index in [4.69, 9.17) is 5.14 Å². The minimum atomic E-state index is -3.70. The van der Waals surface area contributed by atoms with E-state index in [0.717, 1.165) is 5.56 Å². The molecule has 0 aliphatic carbocycles. The molecule has 8 nitrogen and oxygen atoms in total. The monoisotopic (exact) mass is 390 g/mol. The molecule has 0 saturated carbocycles. The third-order valence-corrected chi connectivity index (χ3v) is 5.23. The Morgan fingerprint density at radius 2 is 1.80 bits per heavy atom. The molecule has 25 heavy (non-hydrogen) atoms. The van der Waals surface area contributed by atoms with Crippen molar-refractivity contribution in [2.24, 2.45) is 10.1 Å². The number of nitrogens with one attached hydrogen (secondary N) is 2. The number of aliphatic imine (C=N–C) groups is 1. The molecule has 142 valence electrons. The lowest BCUT2D eigenvalue weighted by molar-refractivity contribution is 0.581. The summed E-state index contributed by atoms with van der Waals surface area (Å²) < 4.78 is 44.9. The van der Waals surface area contributed by atoms with E-state index in [1.165, 1.54) is 18.4 Å². The molecule has 0 aromatic heterocycles. The van der Waals surface area contributed by atoms with Crippen LogP contribution in [-0.4, -0.2) is 47.4 Å². The Kier molecular flexibility index (Phi) is 7.84. The van der Waals surface area contributed by atoms with Crippen molar-refractivity contribution in [3.05, 3.63) is 29.8 Å². The first-order chi connectivity index (χ1) is 11.5. The molecule has 0 amide bonds. The number of rotatable bonds is 8. The standard InChI is InChI=1S/C15H26N4O4S2/c1-4-17-15(19-12(2)9-10-24(3,20)21)18-11-13-5-7-14(8-6-13)25(16,22)23/h5-8,12H,4,9-11H2,1-3H3,(H2,16,22,23)(H2,17,18,19). The highest BCUT2D eigenvalue weighted by Gasteiger charge is 2.10. The molecule has 1 unspecified atom stereocenters. The van der Waals surface area contributed by atoms with E-state index in [-0.39, 0.29) is 16.7 Å². The summed E-state index contributed by atoms with van der Waals surface area (Å²) in [4.78, 5) is 4.48. The Bertz CT molecular complexity index is 787. The fraction of sp³-hybridized carbons (Fsp3) is 0.533. The normalized spacial score (nSPS) is 14.2. The van der Waals surface area contributed by atoms with Crippen LogP contribution in [0, 0.1) is 0 Å². The van der Waals surface area contributed by atoms with Crippen molar-refractivity contribution in [3.63, 3.8) is 0 Å². The quantitative estimate of drug-likeness (QED) is 0.430. The molecule has 0 aliphatic rings. The molecule has 1 atom stereocenters. The van der Waals surface area contributed by atoms with Gasteiger partial charge in [-0.25, -0.2) is 27.0 Å². The highest BCUT2D eigenvalue weighted by molar-refractivity contribution is 7.90. The van der Waals surface area contributed by atoms with E-state index in [2.05, 4.69) is 15.6 Å². The summed E-state index contributed by atoms with van der Waals surface area (Å²) in [5.74, 6) is 0.675. The first-order valence-corrected chi connectivity index (χ1v) is 11.5. The first kappa shape index (κ1) is 21.4. The van der Waals surface area contributed by atoms with Crippen molar-refractivity contribution in [1.29, 1.82) is 0 Å². The van der Waals surface area contributed by atoms with Crippen LogP contribution in [0.15, 0.2) is 34.2 Å². The number of hydrogen-bond donors (Lipinski definition) is 3. The summed E-state index contributed by atoms with van der Waals surface area (Å²) in [7, 11) is -6.70. The predicted molar refractivity (Wildman–Crippen MR) is 99.6 cm³/mol. The summed E-state index contributed by atoms with van der Waals surface area (Å²) in [6, 6.07) is 6.13. The van der Waals surface area contributed by atoms with Gasteiger partial charge >= 0.3 is 0 Å². The smallest absolute Gasteiger partial charge is 0.238 e. The molecule has 0 radical (unpaired) electrons. The number of sulfone groups is 1. The molecule has 1 rings (SSSR count). The molecular formula is C15H26N4O4S2. The van der Waals surface area contributed by atoms with Crippen LogP contribution in [-0.2, 0) is 26.4 Å². The summed E-state index contributed by atoms with van der Waals surface area (Å²) in [5, 5.41) is 11.3. The zero-order valence-corrected chi connectivity index (χ0v) is 16.3. The van der Waals surface area contributed by atoms with Crippen LogP contribution in [0.2, 0.25) is 0 Å². The van der Waals surface area contributed by atoms with Gasteiger partial charge < -0.3 is 10.6 Å². The maximum atomic E-state index is 11.2. The van der Waals surface area contributed by atoms with Crippen LogP contribution < -0.4 is 15.8 Å². The summed E-state index contributed by atoms with van der Waals surface area (Å²) in [6.07, 6.45) is 1.69. The van der Waals surface area contributed by atoms with Crippen LogP contribution in [0.3, 0.4) is 0 Å². The van der Waals surface area contributed by atoms with E-state index >= 15 is 0 Å². The van der Waals surface area contributed by atoms with Gasteiger partial charge in [0.05, 0.1) is 17.2 Å². The van der Waals surface area contributed by atoms with Crippen molar-refractivity contribution in [2.45, 2.75) is 37.8 Å². The van der Waals surface area contributed by atoms with E-state index in [1.807, 2.05) is 13.8 Å². The number of benzene rings is 1. The van der Waals surface area contributed by atoms with E-state index in [0.29, 0.717) is 25.5 Å². The molecule has 0 heterocycles. The lowest BCUT2D eigenvalue weighted by Crippen LogP contribution is -2.42. The summed E-state index contributed by atoms with van der Waals surface area (Å²) >= 11 is 0. The van der Waals surface area contributed by atoms with Gasteiger partial charge in [0.15, 0.2) is 5.96 Å². The highest BCUT2D eigenvalue weighted by atomic mass is 32.2. The molecule has 10 heteroatoms. The number of nitrogens with two attached hydrogens (primary N) is 1. The molecule has 1 aromatic carbocycles. The molecule has 1 aromatic rings. The van der Waals surface area contributed by atoms with Gasteiger partial charge in [0.25, 0.3) is 0 Å². The highest BCUT2D eigenvalue weighted by Crippen LogP contribution is 2.09. The average Bonchev–Trinajstić information content (AvgIpc) is 2.50. The largest absolute Gasteiger partial charge is 0.357 e. The SMILES string of the molecule is CCNC(=NCc1ccc(S(N)(=O)=O)cc1)NC(C)CCS(C)(=O)=O. The second-order valence-corrected chi connectivity index (χ2v) is 9.67. The Balaban J connectivity index is 2.71. The van der Waals surface area contributed by atoms with E-state index in [9.17, 15) is 16.8 Å². The van der Waals surface area contributed by atoms with Gasteiger partial charge in [-0.15, -0.1) is 0 Å². The van der Waals surface area contributed by atoms with Crippen LogP contribution in [0.4, 0.5) is 0 Å². The minimum absolute atomic E-state index is 0.0552. The van der Waals surface area contributed by atoms with Crippen molar-refractivity contribution >= 4 is 25.8 Å². The van der Waals surface area contributed by atoms with Crippen molar-refractivity contribution < 1.29 is 16.8 Å². The number of nitrogens with zero attached hydrogens (tertiary/aromatic N) is 1.